The summed E-state index contributed by atoms with van der Waals surface area (Å²) in [6, 6.07) is 8.05. The van der Waals surface area contributed by atoms with Crippen molar-refractivity contribution in [3.8, 4) is 5.75 Å². The van der Waals surface area contributed by atoms with Gasteiger partial charge < -0.3 is 9.64 Å². The second kappa shape index (κ2) is 6.53. The molecule has 1 saturated heterocycles. The van der Waals surface area contributed by atoms with E-state index < -0.39 is 0 Å². The summed E-state index contributed by atoms with van der Waals surface area (Å²) < 4.78 is 5.90. The van der Waals surface area contributed by atoms with Crippen LogP contribution < -0.4 is 4.74 Å². The van der Waals surface area contributed by atoms with Gasteiger partial charge in [-0.3, -0.25) is 4.79 Å². The third-order valence-corrected chi connectivity index (χ3v) is 5.17. The van der Waals surface area contributed by atoms with Crippen molar-refractivity contribution >= 4 is 17.2 Å². The van der Waals surface area contributed by atoms with Crippen LogP contribution in [-0.2, 0) is 6.61 Å². The van der Waals surface area contributed by atoms with Gasteiger partial charge in [-0.2, -0.15) is 0 Å². The largest absolute Gasteiger partial charge is 0.489 e. The Hall–Kier alpha value is -1.81. The summed E-state index contributed by atoms with van der Waals surface area (Å²) in [6.07, 6.45) is 2.25. The third-order valence-electron chi connectivity index (χ3n) is 4.21. The number of carbonyl (C=O) groups excluding carboxylic acids is 1. The van der Waals surface area contributed by atoms with Crippen molar-refractivity contribution < 1.29 is 9.53 Å². The SMILES string of the molecule is Cc1cccc(OCc2csc(C(=O)N3CCCC3)c2)c1C. The zero-order valence-electron chi connectivity index (χ0n) is 13.1. The highest BCUT2D eigenvalue weighted by molar-refractivity contribution is 7.12. The molecule has 1 aromatic carbocycles. The lowest BCUT2D eigenvalue weighted by Crippen LogP contribution is -2.26. The van der Waals surface area contributed by atoms with Crippen LogP contribution in [0.3, 0.4) is 0 Å². The van der Waals surface area contributed by atoms with Crippen LogP contribution in [0.2, 0.25) is 0 Å². The van der Waals surface area contributed by atoms with Crippen molar-refractivity contribution in [2.24, 2.45) is 0 Å². The fourth-order valence-electron chi connectivity index (χ4n) is 2.68. The van der Waals surface area contributed by atoms with Crippen LogP contribution in [0, 0.1) is 13.8 Å². The molecule has 0 bridgehead atoms. The number of likely N-dealkylation sites (tertiary alicyclic amines) is 1. The number of aryl methyl sites for hydroxylation is 1. The molecule has 1 aliphatic rings. The molecule has 0 aliphatic carbocycles. The zero-order valence-corrected chi connectivity index (χ0v) is 13.9. The van der Waals surface area contributed by atoms with Crippen molar-refractivity contribution in [3.63, 3.8) is 0 Å². The fourth-order valence-corrected chi connectivity index (χ4v) is 3.54. The van der Waals surface area contributed by atoms with Gasteiger partial charge in [0.1, 0.15) is 12.4 Å². The third kappa shape index (κ3) is 3.17. The molecule has 2 aromatic rings. The lowest BCUT2D eigenvalue weighted by Gasteiger charge is -2.13. The van der Waals surface area contributed by atoms with Gasteiger partial charge >= 0.3 is 0 Å². The van der Waals surface area contributed by atoms with E-state index in [1.165, 1.54) is 22.5 Å². The van der Waals surface area contributed by atoms with E-state index in [-0.39, 0.29) is 5.91 Å². The number of hydrogen-bond acceptors (Lipinski definition) is 3. The molecular formula is C18H21NO2S. The first kappa shape index (κ1) is 15.1. The lowest BCUT2D eigenvalue weighted by atomic mass is 10.1. The van der Waals surface area contributed by atoms with Crippen LogP contribution in [0.4, 0.5) is 0 Å². The highest BCUT2D eigenvalue weighted by atomic mass is 32.1. The number of benzene rings is 1. The lowest BCUT2D eigenvalue weighted by molar-refractivity contribution is 0.0797. The van der Waals surface area contributed by atoms with Crippen molar-refractivity contribution in [1.29, 1.82) is 0 Å². The predicted molar refractivity (Wildman–Crippen MR) is 89.7 cm³/mol. The molecule has 22 heavy (non-hydrogen) atoms. The topological polar surface area (TPSA) is 29.5 Å². The molecule has 0 radical (unpaired) electrons. The van der Waals surface area contributed by atoms with Gasteiger partial charge in [0.2, 0.25) is 0 Å². The summed E-state index contributed by atoms with van der Waals surface area (Å²) >= 11 is 1.52. The van der Waals surface area contributed by atoms with Gasteiger partial charge in [0.05, 0.1) is 4.88 Å². The zero-order chi connectivity index (χ0) is 15.5. The first-order valence-corrected chi connectivity index (χ1v) is 8.59. The monoisotopic (exact) mass is 315 g/mol. The maximum Gasteiger partial charge on any atom is 0.263 e. The van der Waals surface area contributed by atoms with Crippen molar-refractivity contribution in [2.75, 3.05) is 13.1 Å². The normalized spacial score (nSPS) is 14.4. The van der Waals surface area contributed by atoms with E-state index in [1.807, 2.05) is 28.5 Å². The number of rotatable bonds is 4. The number of ether oxygens (including phenoxy) is 1. The standard InChI is InChI=1S/C18H21NO2S/c1-13-6-5-7-16(14(13)2)21-11-15-10-17(22-12-15)18(20)19-8-3-4-9-19/h5-7,10,12H,3-4,8-9,11H2,1-2H3. The quantitative estimate of drug-likeness (QED) is 0.847. The Kier molecular flexibility index (Phi) is 4.48. The number of amides is 1. The van der Waals surface area contributed by atoms with E-state index in [9.17, 15) is 4.79 Å². The first-order valence-electron chi connectivity index (χ1n) is 7.71. The molecule has 116 valence electrons. The maximum atomic E-state index is 12.3. The Labute approximate surface area is 135 Å². The van der Waals surface area contributed by atoms with E-state index in [0.29, 0.717) is 6.61 Å². The van der Waals surface area contributed by atoms with E-state index >= 15 is 0 Å². The molecule has 0 saturated carbocycles. The summed E-state index contributed by atoms with van der Waals surface area (Å²) in [7, 11) is 0. The second-order valence-electron chi connectivity index (χ2n) is 5.81. The molecule has 1 fully saturated rings. The molecule has 1 aliphatic heterocycles. The molecule has 1 aromatic heterocycles. The van der Waals surface area contributed by atoms with Gasteiger partial charge in [0, 0.05) is 18.7 Å². The average Bonchev–Trinajstić information content (AvgIpc) is 3.19. The van der Waals surface area contributed by atoms with Crippen LogP contribution >= 0.6 is 11.3 Å². The molecule has 2 heterocycles. The van der Waals surface area contributed by atoms with Crippen LogP contribution in [0.5, 0.6) is 5.75 Å². The average molecular weight is 315 g/mol. The molecule has 0 spiro atoms. The second-order valence-corrected chi connectivity index (χ2v) is 6.72. The van der Waals surface area contributed by atoms with E-state index in [2.05, 4.69) is 19.9 Å². The molecule has 1 amide bonds. The fraction of sp³-hybridized carbons (Fsp3) is 0.389. The summed E-state index contributed by atoms with van der Waals surface area (Å²) in [5.41, 5.74) is 3.47. The minimum atomic E-state index is 0.167. The molecule has 3 nitrogen and oxygen atoms in total. The van der Waals surface area contributed by atoms with Crippen molar-refractivity contribution in [1.82, 2.24) is 4.90 Å². The Morgan fingerprint density at radius 1 is 1.27 bits per heavy atom. The molecule has 0 N–H and O–H groups in total. The van der Waals surface area contributed by atoms with Crippen LogP contribution in [0.25, 0.3) is 0 Å². The van der Waals surface area contributed by atoms with Gasteiger partial charge in [0.25, 0.3) is 5.91 Å². The number of hydrogen-bond donors (Lipinski definition) is 0. The smallest absolute Gasteiger partial charge is 0.263 e. The van der Waals surface area contributed by atoms with Gasteiger partial charge in [-0.15, -0.1) is 11.3 Å². The Morgan fingerprint density at radius 2 is 2.05 bits per heavy atom. The van der Waals surface area contributed by atoms with Gasteiger partial charge in [-0.05, 0) is 55.3 Å². The highest BCUT2D eigenvalue weighted by Crippen LogP contribution is 2.24. The highest BCUT2D eigenvalue weighted by Gasteiger charge is 2.20. The van der Waals surface area contributed by atoms with Crippen LogP contribution in [0.1, 0.15) is 39.2 Å². The summed E-state index contributed by atoms with van der Waals surface area (Å²) in [4.78, 5) is 15.1. The number of thiophene rings is 1. The number of carbonyl (C=O) groups is 1. The van der Waals surface area contributed by atoms with Crippen LogP contribution in [-0.4, -0.2) is 23.9 Å². The molecular weight excluding hydrogens is 294 g/mol. The number of nitrogens with zero attached hydrogens (tertiary/aromatic N) is 1. The van der Waals surface area contributed by atoms with Crippen molar-refractivity contribution in [3.05, 3.63) is 51.2 Å². The van der Waals surface area contributed by atoms with Gasteiger partial charge in [0.15, 0.2) is 0 Å². The Morgan fingerprint density at radius 3 is 2.82 bits per heavy atom. The maximum absolute atomic E-state index is 12.3. The predicted octanol–water partition coefficient (Wildman–Crippen LogP) is 4.18. The van der Waals surface area contributed by atoms with E-state index in [0.717, 1.165) is 42.1 Å². The van der Waals surface area contributed by atoms with Gasteiger partial charge in [-0.1, -0.05) is 12.1 Å². The minimum Gasteiger partial charge on any atom is -0.489 e. The summed E-state index contributed by atoms with van der Waals surface area (Å²) in [5, 5.41) is 2.02. The molecule has 3 rings (SSSR count). The molecule has 4 heteroatoms. The summed E-state index contributed by atoms with van der Waals surface area (Å²) in [6.45, 7) is 6.45. The van der Waals surface area contributed by atoms with Crippen molar-refractivity contribution in [2.45, 2.75) is 33.3 Å². The Balaban J connectivity index is 1.64. The molecule has 0 unspecified atom stereocenters. The van der Waals surface area contributed by atoms with E-state index in [1.54, 1.807) is 0 Å². The van der Waals surface area contributed by atoms with Gasteiger partial charge in [-0.25, -0.2) is 0 Å². The molecule has 0 atom stereocenters. The van der Waals surface area contributed by atoms with Crippen LogP contribution in [0.15, 0.2) is 29.6 Å². The minimum absolute atomic E-state index is 0.167. The van der Waals surface area contributed by atoms with E-state index in [4.69, 9.17) is 4.74 Å². The summed E-state index contributed by atoms with van der Waals surface area (Å²) in [5.74, 6) is 1.08. The first-order chi connectivity index (χ1) is 10.6. The Bertz CT molecular complexity index is 671.